The maximum Gasteiger partial charge on any atom is 0.270 e. The first-order valence-electron chi connectivity index (χ1n) is 6.40. The van der Waals surface area contributed by atoms with Crippen molar-refractivity contribution in [2.75, 3.05) is 11.4 Å². The molecule has 0 spiro atoms. The number of carbonyl (C=O) groups is 1. The fourth-order valence-electron chi connectivity index (χ4n) is 2.71. The summed E-state index contributed by atoms with van der Waals surface area (Å²) in [4.78, 5) is 24.3. The van der Waals surface area contributed by atoms with Crippen LogP contribution in [0.15, 0.2) is 18.2 Å². The van der Waals surface area contributed by atoms with E-state index in [1.807, 2.05) is 0 Å². The first kappa shape index (κ1) is 13.5. The molecule has 1 aliphatic rings. The monoisotopic (exact) mass is 262 g/mol. The topological polar surface area (TPSA) is 63.4 Å². The molecule has 5 heteroatoms. The van der Waals surface area contributed by atoms with Crippen LogP contribution in [-0.2, 0) is 0 Å². The van der Waals surface area contributed by atoms with Gasteiger partial charge in [-0.3, -0.25) is 14.9 Å². The van der Waals surface area contributed by atoms with E-state index in [1.165, 1.54) is 19.1 Å². The second kappa shape index (κ2) is 4.64. The first-order chi connectivity index (χ1) is 8.83. The fourth-order valence-corrected chi connectivity index (χ4v) is 2.71. The Morgan fingerprint density at radius 2 is 2.11 bits per heavy atom. The molecule has 0 atom stereocenters. The number of carbonyl (C=O) groups excluding carboxylic acids is 1. The molecule has 0 unspecified atom stereocenters. The highest BCUT2D eigenvalue weighted by Gasteiger charge is 2.34. The molecule has 0 aliphatic carbocycles. The zero-order valence-electron chi connectivity index (χ0n) is 11.5. The average Bonchev–Trinajstić information content (AvgIpc) is 2.67. The Morgan fingerprint density at radius 1 is 1.42 bits per heavy atom. The van der Waals surface area contributed by atoms with Crippen molar-refractivity contribution >= 4 is 17.2 Å². The third kappa shape index (κ3) is 2.45. The van der Waals surface area contributed by atoms with Crippen LogP contribution >= 0.6 is 0 Å². The molecule has 1 aromatic rings. The fraction of sp³-hybridized carbons (Fsp3) is 0.500. The van der Waals surface area contributed by atoms with Gasteiger partial charge in [0.1, 0.15) is 0 Å². The number of nitro groups is 1. The first-order valence-corrected chi connectivity index (χ1v) is 6.40. The number of nitrogens with zero attached hydrogens (tertiary/aromatic N) is 2. The summed E-state index contributed by atoms with van der Waals surface area (Å²) in [7, 11) is 0. The van der Waals surface area contributed by atoms with Crippen LogP contribution in [-0.4, -0.2) is 22.8 Å². The van der Waals surface area contributed by atoms with Gasteiger partial charge >= 0.3 is 0 Å². The van der Waals surface area contributed by atoms with Crippen molar-refractivity contribution in [1.82, 2.24) is 0 Å². The SMILES string of the molecule is CC(=O)c1cc([N+](=O)[O-])ccc1N1CCCC1(C)C. The lowest BCUT2D eigenvalue weighted by atomic mass is 9.99. The van der Waals surface area contributed by atoms with Gasteiger partial charge in [0.15, 0.2) is 5.78 Å². The Hall–Kier alpha value is -1.91. The van der Waals surface area contributed by atoms with Gasteiger partial charge in [-0.25, -0.2) is 0 Å². The Labute approximate surface area is 112 Å². The minimum Gasteiger partial charge on any atom is -0.366 e. The highest BCUT2D eigenvalue weighted by Crippen LogP contribution is 2.36. The summed E-state index contributed by atoms with van der Waals surface area (Å²) in [6.07, 6.45) is 2.13. The van der Waals surface area contributed by atoms with E-state index >= 15 is 0 Å². The minimum absolute atomic E-state index is 0.0136. The summed E-state index contributed by atoms with van der Waals surface area (Å²) in [5, 5.41) is 10.8. The summed E-state index contributed by atoms with van der Waals surface area (Å²) in [6, 6.07) is 4.55. The van der Waals surface area contributed by atoms with Crippen LogP contribution in [0.4, 0.5) is 11.4 Å². The van der Waals surface area contributed by atoms with Gasteiger partial charge in [-0.15, -0.1) is 0 Å². The second-order valence-corrected chi connectivity index (χ2v) is 5.58. The van der Waals surface area contributed by atoms with Crippen molar-refractivity contribution in [3.63, 3.8) is 0 Å². The lowest BCUT2D eigenvalue weighted by Gasteiger charge is -2.34. The number of nitro benzene ring substituents is 1. The molecule has 1 saturated heterocycles. The molecule has 0 N–H and O–H groups in total. The number of anilines is 1. The van der Waals surface area contributed by atoms with Crippen molar-refractivity contribution < 1.29 is 9.72 Å². The molecule has 0 saturated carbocycles. The lowest BCUT2D eigenvalue weighted by molar-refractivity contribution is -0.384. The van der Waals surface area contributed by atoms with Gasteiger partial charge in [-0.05, 0) is 39.7 Å². The normalized spacial score (nSPS) is 17.5. The van der Waals surface area contributed by atoms with Gasteiger partial charge in [0.05, 0.1) is 4.92 Å². The molecule has 0 amide bonds. The van der Waals surface area contributed by atoms with Gasteiger partial charge in [-0.2, -0.15) is 0 Å². The number of ketones is 1. The molecule has 0 bridgehead atoms. The van der Waals surface area contributed by atoms with Gasteiger partial charge in [0.2, 0.25) is 0 Å². The van der Waals surface area contributed by atoms with Crippen molar-refractivity contribution in [2.24, 2.45) is 0 Å². The maximum absolute atomic E-state index is 11.8. The van der Waals surface area contributed by atoms with E-state index < -0.39 is 4.92 Å². The Bertz CT molecular complexity index is 537. The van der Waals surface area contributed by atoms with Crippen LogP contribution in [0.2, 0.25) is 0 Å². The van der Waals surface area contributed by atoms with Gasteiger partial charge in [0, 0.05) is 35.5 Å². The number of non-ortho nitro benzene ring substituents is 1. The highest BCUT2D eigenvalue weighted by atomic mass is 16.6. The van der Waals surface area contributed by atoms with Gasteiger partial charge < -0.3 is 4.90 Å². The summed E-state index contributed by atoms with van der Waals surface area (Å²) in [5.41, 5.74) is 1.19. The standard InChI is InChI=1S/C14H18N2O3/c1-10(17)12-9-11(16(18)19)5-6-13(12)15-8-4-7-14(15,2)3/h5-6,9H,4,7-8H2,1-3H3. The molecule has 1 heterocycles. The molecular weight excluding hydrogens is 244 g/mol. The highest BCUT2D eigenvalue weighted by molar-refractivity contribution is 6.00. The zero-order valence-corrected chi connectivity index (χ0v) is 11.5. The van der Waals surface area contributed by atoms with E-state index in [0.29, 0.717) is 5.56 Å². The van der Waals surface area contributed by atoms with E-state index in [-0.39, 0.29) is 17.0 Å². The van der Waals surface area contributed by atoms with Crippen LogP contribution in [0.5, 0.6) is 0 Å². The van der Waals surface area contributed by atoms with Crippen molar-refractivity contribution in [1.29, 1.82) is 0 Å². The van der Waals surface area contributed by atoms with Crippen LogP contribution in [0.25, 0.3) is 0 Å². The summed E-state index contributed by atoms with van der Waals surface area (Å²) < 4.78 is 0. The van der Waals surface area contributed by atoms with E-state index in [4.69, 9.17) is 0 Å². The third-order valence-corrected chi connectivity index (χ3v) is 3.76. The molecule has 102 valence electrons. The smallest absolute Gasteiger partial charge is 0.270 e. The molecule has 0 radical (unpaired) electrons. The van der Waals surface area contributed by atoms with Crippen molar-refractivity contribution in [3.05, 3.63) is 33.9 Å². The Morgan fingerprint density at radius 3 is 2.58 bits per heavy atom. The summed E-state index contributed by atoms with van der Waals surface area (Å²) >= 11 is 0. The maximum atomic E-state index is 11.8. The number of Topliss-reactive ketones (excluding diaryl/α,β-unsaturated/α-hetero) is 1. The molecule has 5 nitrogen and oxygen atoms in total. The number of hydrogen-bond donors (Lipinski definition) is 0. The van der Waals surface area contributed by atoms with Crippen molar-refractivity contribution in [3.8, 4) is 0 Å². The predicted molar refractivity (Wildman–Crippen MR) is 73.8 cm³/mol. The molecule has 2 rings (SSSR count). The van der Waals surface area contributed by atoms with Crippen LogP contribution in [0.1, 0.15) is 44.0 Å². The minimum atomic E-state index is -0.467. The van der Waals surface area contributed by atoms with Crippen LogP contribution < -0.4 is 4.90 Å². The molecule has 1 fully saturated rings. The third-order valence-electron chi connectivity index (χ3n) is 3.76. The van der Waals surface area contributed by atoms with Gasteiger partial charge in [0.25, 0.3) is 5.69 Å². The van der Waals surface area contributed by atoms with E-state index in [2.05, 4.69) is 18.7 Å². The quantitative estimate of drug-likeness (QED) is 0.477. The average molecular weight is 262 g/mol. The predicted octanol–water partition coefficient (Wildman–Crippen LogP) is 3.18. The number of benzene rings is 1. The zero-order chi connectivity index (χ0) is 14.2. The molecule has 1 aromatic carbocycles. The largest absolute Gasteiger partial charge is 0.366 e. The van der Waals surface area contributed by atoms with Crippen molar-refractivity contribution in [2.45, 2.75) is 39.2 Å². The molecule has 0 aromatic heterocycles. The molecule has 1 aliphatic heterocycles. The van der Waals surface area contributed by atoms with Crippen LogP contribution in [0, 0.1) is 10.1 Å². The van der Waals surface area contributed by atoms with Crippen LogP contribution in [0.3, 0.4) is 0 Å². The molecular formula is C14H18N2O3. The Kier molecular flexibility index (Phi) is 3.30. The second-order valence-electron chi connectivity index (χ2n) is 5.58. The Balaban J connectivity index is 2.51. The summed E-state index contributed by atoms with van der Waals surface area (Å²) in [5.74, 6) is -0.138. The van der Waals surface area contributed by atoms with E-state index in [0.717, 1.165) is 25.1 Å². The number of rotatable bonds is 3. The van der Waals surface area contributed by atoms with E-state index in [9.17, 15) is 14.9 Å². The lowest BCUT2D eigenvalue weighted by Crippen LogP contribution is -2.38. The molecule has 19 heavy (non-hydrogen) atoms. The number of hydrogen-bond acceptors (Lipinski definition) is 4. The van der Waals surface area contributed by atoms with E-state index in [1.54, 1.807) is 6.07 Å². The summed E-state index contributed by atoms with van der Waals surface area (Å²) in [6.45, 7) is 6.59. The van der Waals surface area contributed by atoms with Gasteiger partial charge in [-0.1, -0.05) is 0 Å².